The second kappa shape index (κ2) is 12.8. The minimum Gasteiger partial charge on any atom is -0.504 e. The molecule has 0 radical (unpaired) electrons. The lowest BCUT2D eigenvalue weighted by Crippen LogP contribution is -2.32. The number of carbonyl (C=O) groups excluding carboxylic acids is 2. The molecular weight excluding hydrogens is 456 g/mol. The molecule has 0 aliphatic rings. The number of amides is 2. The van der Waals surface area contributed by atoms with Gasteiger partial charge in [-0.25, -0.2) is 5.43 Å². The average Bonchev–Trinajstić information content (AvgIpc) is 2.90. The first-order chi connectivity index (χ1) is 17.4. The van der Waals surface area contributed by atoms with Crippen LogP contribution in [0.1, 0.15) is 35.3 Å². The first-order valence-corrected chi connectivity index (χ1v) is 11.6. The Hall–Kier alpha value is -4.59. The number of nitrogens with zero attached hydrogens (tertiary/aromatic N) is 2. The first-order valence-electron chi connectivity index (χ1n) is 11.6. The minimum absolute atomic E-state index is 0.0363. The molecular formula is C28H30N4O4. The number of aromatic hydroxyl groups is 1. The fraction of sp³-hybridized carbons (Fsp3) is 0.179. The van der Waals surface area contributed by atoms with Gasteiger partial charge in [-0.1, -0.05) is 30.3 Å². The molecule has 0 unspecified atom stereocenters. The molecule has 36 heavy (non-hydrogen) atoms. The van der Waals surface area contributed by atoms with Gasteiger partial charge in [0.1, 0.15) is 5.70 Å². The molecule has 0 saturated heterocycles. The van der Waals surface area contributed by atoms with Crippen LogP contribution in [0.5, 0.6) is 11.5 Å². The molecule has 0 aliphatic heterocycles. The number of hydrazone groups is 1. The fourth-order valence-electron chi connectivity index (χ4n) is 3.49. The lowest BCUT2D eigenvalue weighted by molar-refractivity contribution is -0.117. The van der Waals surface area contributed by atoms with Crippen LogP contribution in [-0.2, 0) is 4.79 Å². The van der Waals surface area contributed by atoms with E-state index in [2.05, 4.69) is 34.6 Å². The van der Waals surface area contributed by atoms with Crippen LogP contribution in [0.25, 0.3) is 6.08 Å². The number of ether oxygens (including phenoxy) is 1. The number of methoxy groups -OCH3 is 1. The van der Waals surface area contributed by atoms with Crippen molar-refractivity contribution in [2.75, 3.05) is 25.1 Å². The third kappa shape index (κ3) is 6.96. The second-order valence-electron chi connectivity index (χ2n) is 7.77. The molecule has 0 aliphatic carbocycles. The first kappa shape index (κ1) is 26.0. The van der Waals surface area contributed by atoms with Crippen molar-refractivity contribution < 1.29 is 19.4 Å². The summed E-state index contributed by atoms with van der Waals surface area (Å²) in [7, 11) is 1.46. The Morgan fingerprint density at radius 3 is 2.25 bits per heavy atom. The summed E-state index contributed by atoms with van der Waals surface area (Å²) in [6.07, 6.45) is 2.98. The number of phenolic OH excluding ortho intramolecular Hbond substituents is 1. The highest BCUT2D eigenvalue weighted by molar-refractivity contribution is 6.05. The third-order valence-electron chi connectivity index (χ3n) is 5.44. The summed E-state index contributed by atoms with van der Waals surface area (Å²) in [6.45, 7) is 5.95. The molecule has 3 rings (SSSR count). The Balaban J connectivity index is 1.81. The van der Waals surface area contributed by atoms with E-state index in [1.54, 1.807) is 42.5 Å². The van der Waals surface area contributed by atoms with E-state index >= 15 is 0 Å². The number of benzene rings is 3. The number of phenols is 1. The molecule has 3 N–H and O–H groups in total. The highest BCUT2D eigenvalue weighted by Gasteiger charge is 2.14. The summed E-state index contributed by atoms with van der Waals surface area (Å²) in [5.41, 5.74) is 5.26. The van der Waals surface area contributed by atoms with E-state index in [-0.39, 0.29) is 11.4 Å². The van der Waals surface area contributed by atoms with Crippen molar-refractivity contribution in [1.29, 1.82) is 0 Å². The number of anilines is 1. The van der Waals surface area contributed by atoms with Gasteiger partial charge in [-0.15, -0.1) is 0 Å². The van der Waals surface area contributed by atoms with E-state index in [9.17, 15) is 14.7 Å². The van der Waals surface area contributed by atoms with Gasteiger partial charge in [-0.3, -0.25) is 9.59 Å². The van der Waals surface area contributed by atoms with E-state index < -0.39 is 11.8 Å². The van der Waals surface area contributed by atoms with Crippen molar-refractivity contribution in [2.45, 2.75) is 13.8 Å². The van der Waals surface area contributed by atoms with Crippen molar-refractivity contribution >= 4 is 29.8 Å². The Morgan fingerprint density at radius 1 is 0.972 bits per heavy atom. The maximum absolute atomic E-state index is 13.0. The summed E-state index contributed by atoms with van der Waals surface area (Å²) >= 11 is 0. The molecule has 0 spiro atoms. The molecule has 0 atom stereocenters. The molecule has 3 aromatic carbocycles. The number of hydrogen-bond acceptors (Lipinski definition) is 6. The van der Waals surface area contributed by atoms with Gasteiger partial charge in [0.2, 0.25) is 0 Å². The lowest BCUT2D eigenvalue weighted by atomic mass is 10.1. The summed E-state index contributed by atoms with van der Waals surface area (Å²) in [4.78, 5) is 27.9. The topological polar surface area (TPSA) is 103 Å². The number of rotatable bonds is 10. The van der Waals surface area contributed by atoms with Gasteiger partial charge in [0.05, 0.1) is 13.3 Å². The van der Waals surface area contributed by atoms with Crippen molar-refractivity contribution in [2.24, 2.45) is 5.10 Å². The molecule has 0 aromatic heterocycles. The van der Waals surface area contributed by atoms with Crippen LogP contribution in [0.3, 0.4) is 0 Å². The van der Waals surface area contributed by atoms with Crippen LogP contribution >= 0.6 is 0 Å². The highest BCUT2D eigenvalue weighted by atomic mass is 16.5. The minimum atomic E-state index is -0.596. The van der Waals surface area contributed by atoms with Crippen molar-refractivity contribution in [3.63, 3.8) is 0 Å². The van der Waals surface area contributed by atoms with Gasteiger partial charge < -0.3 is 20.1 Å². The van der Waals surface area contributed by atoms with Crippen molar-refractivity contribution in [1.82, 2.24) is 10.7 Å². The van der Waals surface area contributed by atoms with Gasteiger partial charge >= 0.3 is 0 Å². The fourth-order valence-corrected chi connectivity index (χ4v) is 3.49. The summed E-state index contributed by atoms with van der Waals surface area (Å²) in [5, 5.41) is 16.6. The zero-order chi connectivity index (χ0) is 25.9. The van der Waals surface area contributed by atoms with E-state index in [1.165, 1.54) is 19.4 Å². The molecule has 0 saturated carbocycles. The van der Waals surface area contributed by atoms with Crippen molar-refractivity contribution in [3.8, 4) is 11.5 Å². The summed E-state index contributed by atoms with van der Waals surface area (Å²) in [6, 6.07) is 21.1. The predicted molar refractivity (Wildman–Crippen MR) is 142 cm³/mol. The van der Waals surface area contributed by atoms with E-state index in [1.807, 2.05) is 30.3 Å². The molecule has 0 heterocycles. The van der Waals surface area contributed by atoms with Crippen LogP contribution in [0.4, 0.5) is 5.69 Å². The van der Waals surface area contributed by atoms with E-state index in [0.717, 1.165) is 24.3 Å². The Bertz CT molecular complexity index is 1230. The summed E-state index contributed by atoms with van der Waals surface area (Å²) in [5.74, 6) is -0.726. The quantitative estimate of drug-likeness (QED) is 0.227. The molecule has 186 valence electrons. The van der Waals surface area contributed by atoms with Crippen LogP contribution in [-0.4, -0.2) is 43.3 Å². The van der Waals surface area contributed by atoms with Gasteiger partial charge in [0.15, 0.2) is 11.5 Å². The van der Waals surface area contributed by atoms with Crippen LogP contribution in [0.2, 0.25) is 0 Å². The van der Waals surface area contributed by atoms with Gasteiger partial charge in [-0.05, 0) is 73.5 Å². The maximum atomic E-state index is 13.0. The predicted octanol–water partition coefficient (Wildman–Crippen LogP) is 4.17. The molecule has 3 aromatic rings. The Kier molecular flexibility index (Phi) is 9.22. The maximum Gasteiger partial charge on any atom is 0.287 e. The van der Waals surface area contributed by atoms with Crippen molar-refractivity contribution in [3.05, 3.63) is 95.2 Å². The smallest absolute Gasteiger partial charge is 0.287 e. The summed E-state index contributed by atoms with van der Waals surface area (Å²) < 4.78 is 5.02. The number of carbonyl (C=O) groups is 2. The van der Waals surface area contributed by atoms with E-state index in [0.29, 0.717) is 16.9 Å². The molecule has 8 heteroatoms. The second-order valence-corrected chi connectivity index (χ2v) is 7.77. The lowest BCUT2D eigenvalue weighted by Gasteiger charge is -2.20. The van der Waals surface area contributed by atoms with E-state index in [4.69, 9.17) is 4.74 Å². The number of nitrogens with one attached hydrogen (secondary N) is 2. The van der Waals surface area contributed by atoms with Crippen LogP contribution in [0, 0.1) is 0 Å². The third-order valence-corrected chi connectivity index (χ3v) is 5.44. The zero-order valence-electron chi connectivity index (χ0n) is 20.6. The average molecular weight is 487 g/mol. The van der Waals surface area contributed by atoms with Crippen LogP contribution < -0.4 is 20.4 Å². The SMILES string of the molecule is CCN(CC)c1ccc(/C=C(\NC(=O)c2ccccc2)C(=O)N/N=C/c2ccc(OC)c(O)c2)cc1. The van der Waals surface area contributed by atoms with Gasteiger partial charge in [-0.2, -0.15) is 5.10 Å². The van der Waals surface area contributed by atoms with Gasteiger partial charge in [0, 0.05) is 24.3 Å². The largest absolute Gasteiger partial charge is 0.504 e. The molecule has 2 amide bonds. The normalized spacial score (nSPS) is 11.2. The Labute approximate surface area is 210 Å². The molecule has 8 nitrogen and oxygen atoms in total. The number of hydrogen-bond donors (Lipinski definition) is 3. The monoisotopic (exact) mass is 486 g/mol. The zero-order valence-corrected chi connectivity index (χ0v) is 20.6. The standard InChI is InChI=1S/C28H30N4O4/c1-4-32(5-2)23-14-11-20(12-15-23)17-24(30-27(34)22-9-7-6-8-10-22)28(35)31-29-19-21-13-16-26(36-3)25(33)18-21/h6-19,33H,4-5H2,1-3H3,(H,30,34)(H,31,35)/b24-17-,29-19+. The highest BCUT2D eigenvalue weighted by Crippen LogP contribution is 2.25. The molecule has 0 bridgehead atoms. The Morgan fingerprint density at radius 2 is 1.64 bits per heavy atom. The molecule has 0 fully saturated rings. The van der Waals surface area contributed by atoms with Gasteiger partial charge in [0.25, 0.3) is 11.8 Å². The van der Waals surface area contributed by atoms with Crippen LogP contribution in [0.15, 0.2) is 83.6 Å².